The predicted molar refractivity (Wildman–Crippen MR) is 319 cm³/mol. The van der Waals surface area contributed by atoms with Gasteiger partial charge in [0.15, 0.2) is 7.14 Å². The molecule has 0 saturated heterocycles. The summed E-state index contributed by atoms with van der Waals surface area (Å²) in [5, 5.41) is 1.47. The summed E-state index contributed by atoms with van der Waals surface area (Å²) in [6, 6.07) is 57.9. The first kappa shape index (κ1) is 57.1. The van der Waals surface area contributed by atoms with Gasteiger partial charge in [0, 0.05) is 29.0 Å². The second kappa shape index (κ2) is 26.5. The van der Waals surface area contributed by atoms with Crippen LogP contribution in [0.2, 0.25) is 0 Å². The first-order valence-electron chi connectivity index (χ1n) is 25.1. The molecule has 0 N–H and O–H groups in total. The number of hydrogen-bond acceptors (Lipinski definition) is 11. The van der Waals surface area contributed by atoms with E-state index in [2.05, 4.69) is 32.9 Å². The van der Waals surface area contributed by atoms with Crippen molar-refractivity contribution in [1.82, 2.24) is 4.67 Å². The van der Waals surface area contributed by atoms with Crippen molar-refractivity contribution in [2.24, 2.45) is 0 Å². The minimum atomic E-state index is -4.50. The molecule has 8 rings (SSSR count). The molecule has 16 heteroatoms. The highest BCUT2D eigenvalue weighted by Crippen LogP contribution is 2.55. The van der Waals surface area contributed by atoms with Gasteiger partial charge in [-0.3, -0.25) is 4.57 Å². The Hall–Kier alpha value is -8.06. The normalized spacial score (nSPS) is 12.2. The fourth-order valence-electron chi connectivity index (χ4n) is 8.35. The molecule has 0 saturated carbocycles. The van der Waals surface area contributed by atoms with E-state index in [1.165, 1.54) is 0 Å². The smallest absolute Gasteiger partial charge is 0.429 e. The largest absolute Gasteiger partial charge is 0.647 e. The van der Waals surface area contributed by atoms with E-state index in [0.29, 0.717) is 37.9 Å². The van der Waals surface area contributed by atoms with Crippen LogP contribution in [-0.2, 0) is 37.5 Å². The lowest BCUT2D eigenvalue weighted by Crippen LogP contribution is -2.30. The number of phosphoric ester groups is 2. The van der Waals surface area contributed by atoms with Gasteiger partial charge in [-0.05, 0) is 151 Å². The van der Waals surface area contributed by atoms with Gasteiger partial charge >= 0.3 is 23.2 Å². The van der Waals surface area contributed by atoms with Crippen LogP contribution in [0.3, 0.4) is 0 Å². The van der Waals surface area contributed by atoms with Crippen LogP contribution in [0.4, 0.5) is 0 Å². The van der Waals surface area contributed by atoms with Crippen LogP contribution in [0, 0.1) is 0 Å². The number of para-hydroxylation sites is 4. The zero-order chi connectivity index (χ0) is 55.7. The summed E-state index contributed by atoms with van der Waals surface area (Å²) in [5.74, 6) is 1.46. The van der Waals surface area contributed by atoms with Crippen molar-refractivity contribution in [2.45, 2.75) is 19.3 Å². The molecule has 1 atom stereocenters. The second-order valence-corrected chi connectivity index (χ2v) is 25.5. The first-order valence-corrected chi connectivity index (χ1v) is 31.3. The molecule has 0 bridgehead atoms. The Morgan fingerprint density at radius 2 is 0.620 bits per heavy atom. The van der Waals surface area contributed by atoms with Gasteiger partial charge in [-0.2, -0.15) is 9.13 Å². The van der Waals surface area contributed by atoms with E-state index in [-0.39, 0.29) is 72.6 Å². The topological polar surface area (TPSA) is 136 Å². The summed E-state index contributed by atoms with van der Waals surface area (Å²) in [7, 11) is -17.0. The van der Waals surface area contributed by atoms with Crippen LogP contribution in [0.5, 0.6) is 40.2 Å². The summed E-state index contributed by atoms with van der Waals surface area (Å²) in [4.78, 5) is 0. The van der Waals surface area contributed by atoms with Crippen LogP contribution < -0.4 is 52.9 Å². The predicted octanol–water partition coefficient (Wildman–Crippen LogP) is 15.4. The molecule has 8 aromatic carbocycles. The summed E-state index contributed by atoms with van der Waals surface area (Å²) < 4.78 is 107. The number of nitrogens with zero attached hydrogens (tertiary/aromatic N) is 1. The summed E-state index contributed by atoms with van der Waals surface area (Å²) in [6.45, 7) is 20.3. The molecule has 0 fully saturated rings. The first-order chi connectivity index (χ1) is 38.3. The van der Waals surface area contributed by atoms with Crippen molar-refractivity contribution >= 4 is 51.5 Å². The number of rotatable bonds is 29. The number of benzene rings is 8. The molecule has 8 aromatic rings. The highest BCUT2D eigenvalue weighted by atomic mass is 31.2. The highest BCUT2D eigenvalue weighted by molar-refractivity contribution is 7.85. The van der Waals surface area contributed by atoms with Gasteiger partial charge in [0.25, 0.3) is 0 Å². The van der Waals surface area contributed by atoms with Gasteiger partial charge in [-0.1, -0.05) is 121 Å². The van der Waals surface area contributed by atoms with E-state index >= 15 is 9.13 Å². The van der Waals surface area contributed by atoms with Gasteiger partial charge in [-0.15, -0.1) is 32.9 Å². The molecule has 0 aliphatic rings. The molecule has 0 aliphatic heterocycles. The molecule has 12 nitrogen and oxygen atoms in total. The van der Waals surface area contributed by atoms with Crippen molar-refractivity contribution in [1.29, 1.82) is 0 Å². The maximum Gasteiger partial charge on any atom is 0.647 e. The van der Waals surface area contributed by atoms with Crippen molar-refractivity contribution in [2.75, 3.05) is 13.1 Å². The molecule has 0 amide bonds. The fraction of sp³-hybridized carbons (Fsp3) is 0.0794. The van der Waals surface area contributed by atoms with Gasteiger partial charge in [0.2, 0.25) is 0 Å². The minimum absolute atomic E-state index is 0.116. The molecular weight excluding hydrogens is 1070 g/mol. The molecule has 0 radical (unpaired) electrons. The lowest BCUT2D eigenvalue weighted by atomic mass is 10.1. The van der Waals surface area contributed by atoms with Crippen LogP contribution in [0.25, 0.3) is 0 Å². The summed E-state index contributed by atoms with van der Waals surface area (Å²) in [5.41, 5.74) is 1.43. The molecule has 402 valence electrons. The quantitative estimate of drug-likeness (QED) is 0.0326. The van der Waals surface area contributed by atoms with Gasteiger partial charge in [0.1, 0.15) is 40.2 Å². The van der Waals surface area contributed by atoms with E-state index in [0.717, 1.165) is 0 Å². The average Bonchev–Trinajstić information content (AvgIpc) is 3.64. The van der Waals surface area contributed by atoms with E-state index in [9.17, 15) is 9.13 Å². The third-order valence-electron chi connectivity index (χ3n) is 11.9. The molecular formula is C63H59NO11P4. The number of phosphoric acid groups is 2. The molecule has 0 spiro atoms. The Kier molecular flexibility index (Phi) is 19.2. The van der Waals surface area contributed by atoms with Crippen molar-refractivity contribution < 1.29 is 49.9 Å². The maximum absolute atomic E-state index is 17.0. The number of hydrogen-bond donors (Lipinski definition) is 0. The molecule has 0 heterocycles. The van der Waals surface area contributed by atoms with Crippen LogP contribution in [0.1, 0.15) is 16.7 Å². The zero-order valence-electron chi connectivity index (χ0n) is 43.3. The standard InChI is InChI=1S/C63H59NO11P4/c1-6-26-50-47-58(39-42-61(50)73-77(66,57-37-24-15-25-38-57)64(45-9-4)46-10-5)76(65,59-40-43-62(51(48-59)27-7-2)74-78(67,69-53-29-16-11-17-30-53)70-54-31-18-12-19-32-54)60-41-44-63(52(49-60)28-8-3)75-79(68,71-55-33-20-13-21-34-55)72-56-35-22-14-23-36-56/h6-25,29-44,47-49H,1-5,26-28,45-46H2. The van der Waals surface area contributed by atoms with E-state index in [1.807, 2.05) is 6.07 Å². The summed E-state index contributed by atoms with van der Waals surface area (Å²) >= 11 is 0. The van der Waals surface area contributed by atoms with Crippen LogP contribution >= 0.6 is 30.3 Å². The van der Waals surface area contributed by atoms with Gasteiger partial charge in [-0.25, -0.2) is 4.67 Å². The second-order valence-electron chi connectivity index (χ2n) is 17.6. The van der Waals surface area contributed by atoms with E-state index < -0.39 is 30.3 Å². The Morgan fingerprint density at radius 3 is 0.911 bits per heavy atom. The monoisotopic (exact) mass is 1130 g/mol. The lowest BCUT2D eigenvalue weighted by Gasteiger charge is -2.31. The molecule has 0 aliphatic carbocycles. The minimum Gasteiger partial charge on any atom is -0.429 e. The molecule has 0 aromatic heterocycles. The van der Waals surface area contributed by atoms with Gasteiger partial charge in [0.05, 0.1) is 5.30 Å². The fourth-order valence-corrected chi connectivity index (χ4v) is 15.9. The van der Waals surface area contributed by atoms with Crippen LogP contribution in [0.15, 0.2) is 270 Å². The average molecular weight is 1130 g/mol. The Bertz CT molecular complexity index is 3340. The SMILES string of the molecule is C=CCc1cc(P(=O)(c2ccc(OP(=O)(Oc3ccccc3)Oc3ccccc3)c(CC=C)c2)c2ccc(OP(=O)(c3ccccc3)N(CC=C)CC=C)c(CC=C)c2)ccc1OP(=O)(Oc1ccccc1)Oc1ccccc1. The highest BCUT2D eigenvalue weighted by Gasteiger charge is 2.39. The van der Waals surface area contributed by atoms with Crippen molar-refractivity contribution in [3.05, 3.63) is 286 Å². The molecule has 1 unspecified atom stereocenters. The van der Waals surface area contributed by atoms with E-state index in [1.54, 1.807) is 235 Å². The third-order valence-corrected chi connectivity index (χ3v) is 20.0. The number of allylic oxidation sites excluding steroid dienone is 3. The van der Waals surface area contributed by atoms with Gasteiger partial charge < -0.3 is 36.2 Å². The molecule has 79 heavy (non-hydrogen) atoms. The Labute approximate surface area is 462 Å². The zero-order valence-corrected chi connectivity index (χ0v) is 46.9. The van der Waals surface area contributed by atoms with Crippen molar-refractivity contribution in [3.8, 4) is 40.2 Å². The Morgan fingerprint density at radius 1 is 0.329 bits per heavy atom. The maximum atomic E-state index is 17.0. The van der Waals surface area contributed by atoms with Crippen LogP contribution in [-0.4, -0.2) is 17.8 Å². The van der Waals surface area contributed by atoms with E-state index in [4.69, 9.17) is 31.7 Å². The van der Waals surface area contributed by atoms with Crippen molar-refractivity contribution in [3.63, 3.8) is 0 Å². The summed E-state index contributed by atoms with van der Waals surface area (Å²) in [6.07, 6.45) is 8.82. The third kappa shape index (κ3) is 14.2. The Balaban J connectivity index is 1.29. The lowest BCUT2D eigenvalue weighted by molar-refractivity contribution is 0.296.